The molecule has 1 aromatic rings. The van der Waals surface area contributed by atoms with Gasteiger partial charge in [0, 0.05) is 31.6 Å². The van der Waals surface area contributed by atoms with Gasteiger partial charge in [-0.15, -0.1) is 0 Å². The van der Waals surface area contributed by atoms with Crippen LogP contribution in [-0.4, -0.2) is 74.9 Å². The Balaban J connectivity index is 1.63. The maximum atomic E-state index is 13.0. The van der Waals surface area contributed by atoms with Gasteiger partial charge in [0.2, 0.25) is 11.7 Å². The van der Waals surface area contributed by atoms with Gasteiger partial charge >= 0.3 is 6.09 Å². The average Bonchev–Trinajstić information content (AvgIpc) is 3.33. The van der Waals surface area contributed by atoms with E-state index in [0.29, 0.717) is 43.4 Å². The molecule has 8 heteroatoms. The Morgan fingerprint density at radius 1 is 0.935 bits per heavy atom. The summed E-state index contributed by atoms with van der Waals surface area (Å²) in [5.41, 5.74) is 0.259. The minimum Gasteiger partial charge on any atom is -0.493 e. The highest BCUT2D eigenvalue weighted by Crippen LogP contribution is 2.41. The summed E-state index contributed by atoms with van der Waals surface area (Å²) in [5, 5.41) is 0. The van der Waals surface area contributed by atoms with E-state index in [1.54, 1.807) is 26.2 Å². The first kappa shape index (κ1) is 23.0. The van der Waals surface area contributed by atoms with Crippen LogP contribution in [0.25, 0.3) is 0 Å². The minimum absolute atomic E-state index is 0.0398. The molecule has 2 amide bonds. The zero-order chi connectivity index (χ0) is 22.8. The molecule has 1 unspecified atom stereocenters. The van der Waals surface area contributed by atoms with E-state index in [9.17, 15) is 9.59 Å². The van der Waals surface area contributed by atoms with Crippen LogP contribution in [0.5, 0.6) is 17.2 Å². The molecule has 0 radical (unpaired) electrons. The zero-order valence-electron chi connectivity index (χ0n) is 19.4. The van der Waals surface area contributed by atoms with Crippen LogP contribution in [0.2, 0.25) is 0 Å². The van der Waals surface area contributed by atoms with Crippen LogP contribution >= 0.6 is 0 Å². The first-order valence-electron chi connectivity index (χ1n) is 10.6. The third-order valence-corrected chi connectivity index (χ3v) is 5.96. The molecule has 1 atom stereocenters. The van der Waals surface area contributed by atoms with E-state index in [0.717, 1.165) is 18.4 Å². The quantitative estimate of drug-likeness (QED) is 0.709. The van der Waals surface area contributed by atoms with Crippen LogP contribution in [0, 0.1) is 5.41 Å². The summed E-state index contributed by atoms with van der Waals surface area (Å²) >= 11 is 0. The van der Waals surface area contributed by atoms with Gasteiger partial charge in [-0.1, -0.05) is 0 Å². The van der Waals surface area contributed by atoms with Crippen molar-refractivity contribution in [1.82, 2.24) is 9.80 Å². The lowest BCUT2D eigenvalue weighted by molar-refractivity contribution is -0.129. The van der Waals surface area contributed by atoms with Gasteiger partial charge in [-0.25, -0.2) is 4.79 Å². The van der Waals surface area contributed by atoms with Crippen LogP contribution < -0.4 is 14.2 Å². The van der Waals surface area contributed by atoms with E-state index >= 15 is 0 Å². The predicted molar refractivity (Wildman–Crippen MR) is 116 cm³/mol. The molecule has 1 aromatic carbocycles. The molecule has 0 bridgehead atoms. The number of nitrogens with zero attached hydrogens (tertiary/aromatic N) is 2. The van der Waals surface area contributed by atoms with E-state index in [4.69, 9.17) is 18.9 Å². The third-order valence-electron chi connectivity index (χ3n) is 5.96. The molecular formula is C23H34N2O6. The zero-order valence-corrected chi connectivity index (χ0v) is 19.4. The number of rotatable bonds is 5. The fourth-order valence-electron chi connectivity index (χ4n) is 4.42. The number of methoxy groups -OCH3 is 3. The molecule has 0 aromatic heterocycles. The van der Waals surface area contributed by atoms with Crippen LogP contribution in [0.4, 0.5) is 4.79 Å². The van der Waals surface area contributed by atoms with E-state index in [-0.39, 0.29) is 23.8 Å². The second kappa shape index (κ2) is 8.85. The van der Waals surface area contributed by atoms with Crippen LogP contribution in [0.15, 0.2) is 12.1 Å². The summed E-state index contributed by atoms with van der Waals surface area (Å²) < 4.78 is 21.6. The van der Waals surface area contributed by atoms with Gasteiger partial charge in [0.05, 0.1) is 27.8 Å². The Kier molecular flexibility index (Phi) is 6.57. The number of likely N-dealkylation sites (tertiary alicyclic amines) is 2. The number of carbonyl (C=O) groups is 2. The van der Waals surface area contributed by atoms with Crippen molar-refractivity contribution < 1.29 is 28.5 Å². The van der Waals surface area contributed by atoms with Crippen LogP contribution in [-0.2, 0) is 16.0 Å². The van der Waals surface area contributed by atoms with Gasteiger partial charge in [0.25, 0.3) is 0 Å². The maximum Gasteiger partial charge on any atom is 0.410 e. The first-order valence-corrected chi connectivity index (χ1v) is 10.6. The van der Waals surface area contributed by atoms with Gasteiger partial charge in [0.1, 0.15) is 5.60 Å². The predicted octanol–water partition coefficient (Wildman–Crippen LogP) is 3.11. The Labute approximate surface area is 184 Å². The highest BCUT2D eigenvalue weighted by Gasteiger charge is 2.46. The largest absolute Gasteiger partial charge is 0.493 e. The molecule has 3 rings (SSSR count). The van der Waals surface area contributed by atoms with Crippen molar-refractivity contribution in [2.45, 2.75) is 45.6 Å². The lowest BCUT2D eigenvalue weighted by Gasteiger charge is -2.27. The third kappa shape index (κ3) is 5.17. The summed E-state index contributed by atoms with van der Waals surface area (Å²) in [6.07, 6.45) is 1.77. The molecule has 8 nitrogen and oxygen atoms in total. The topological polar surface area (TPSA) is 77.5 Å². The molecule has 2 fully saturated rings. The average molecular weight is 435 g/mol. The van der Waals surface area contributed by atoms with Crippen molar-refractivity contribution in [1.29, 1.82) is 0 Å². The highest BCUT2D eigenvalue weighted by atomic mass is 16.6. The smallest absolute Gasteiger partial charge is 0.410 e. The lowest BCUT2D eigenvalue weighted by Crippen LogP contribution is -2.38. The summed E-state index contributed by atoms with van der Waals surface area (Å²) in [6.45, 7) is 8.28. The molecule has 2 heterocycles. The molecule has 31 heavy (non-hydrogen) atoms. The van der Waals surface area contributed by atoms with Gasteiger partial charge in [0.15, 0.2) is 11.5 Å². The normalized spacial score (nSPS) is 20.8. The molecule has 0 aliphatic carbocycles. The van der Waals surface area contributed by atoms with Gasteiger partial charge in [-0.3, -0.25) is 4.79 Å². The van der Waals surface area contributed by atoms with Gasteiger partial charge in [-0.2, -0.15) is 0 Å². The van der Waals surface area contributed by atoms with Crippen molar-refractivity contribution in [2.24, 2.45) is 5.41 Å². The fourth-order valence-corrected chi connectivity index (χ4v) is 4.42. The van der Waals surface area contributed by atoms with E-state index in [2.05, 4.69) is 0 Å². The van der Waals surface area contributed by atoms with E-state index in [1.165, 1.54) is 0 Å². The first-order chi connectivity index (χ1) is 14.6. The molecule has 2 aliphatic rings. The Morgan fingerprint density at radius 3 is 2.00 bits per heavy atom. The van der Waals surface area contributed by atoms with Crippen molar-refractivity contribution in [2.75, 3.05) is 47.5 Å². The van der Waals surface area contributed by atoms with E-state index < -0.39 is 5.60 Å². The number of ether oxygens (including phenoxy) is 4. The van der Waals surface area contributed by atoms with Crippen molar-refractivity contribution in [3.05, 3.63) is 17.7 Å². The molecule has 2 saturated heterocycles. The summed E-state index contributed by atoms with van der Waals surface area (Å²) in [7, 11) is 4.67. The number of hydrogen-bond acceptors (Lipinski definition) is 6. The summed E-state index contributed by atoms with van der Waals surface area (Å²) in [4.78, 5) is 29.1. The lowest BCUT2D eigenvalue weighted by atomic mass is 9.86. The number of amides is 2. The second-order valence-corrected chi connectivity index (χ2v) is 9.43. The Hall–Kier alpha value is -2.64. The highest BCUT2D eigenvalue weighted by molar-refractivity contribution is 5.80. The molecule has 1 spiro atoms. The number of benzene rings is 1. The van der Waals surface area contributed by atoms with Gasteiger partial charge < -0.3 is 28.7 Å². The van der Waals surface area contributed by atoms with Gasteiger partial charge in [-0.05, 0) is 51.3 Å². The summed E-state index contributed by atoms with van der Waals surface area (Å²) in [6, 6.07) is 3.62. The van der Waals surface area contributed by atoms with Crippen molar-refractivity contribution in [3.63, 3.8) is 0 Å². The SMILES string of the molecule is COc1cc(CC(=O)N2CCC3(CCN(C(=O)OC(C)(C)C)C3)C2)cc(OC)c1OC. The Morgan fingerprint density at radius 2 is 1.48 bits per heavy atom. The van der Waals surface area contributed by atoms with Crippen molar-refractivity contribution in [3.8, 4) is 17.2 Å². The van der Waals surface area contributed by atoms with E-state index in [1.807, 2.05) is 37.8 Å². The number of carbonyl (C=O) groups excluding carboxylic acids is 2. The molecule has 2 aliphatic heterocycles. The molecule has 0 N–H and O–H groups in total. The maximum absolute atomic E-state index is 13.0. The minimum atomic E-state index is -0.509. The monoisotopic (exact) mass is 434 g/mol. The number of hydrogen-bond donors (Lipinski definition) is 0. The van der Waals surface area contributed by atoms with Crippen molar-refractivity contribution >= 4 is 12.0 Å². The standard InChI is InChI=1S/C23H34N2O6/c1-22(2,3)31-21(27)25-10-8-23(15-25)7-9-24(14-23)19(26)13-16-11-17(28-4)20(30-6)18(12-16)29-5/h11-12H,7-10,13-15H2,1-6H3. The molecule has 0 saturated carbocycles. The molecular weight excluding hydrogens is 400 g/mol. The fraction of sp³-hybridized carbons (Fsp3) is 0.652. The van der Waals surface area contributed by atoms with Crippen LogP contribution in [0.3, 0.4) is 0 Å². The second-order valence-electron chi connectivity index (χ2n) is 9.43. The Bertz CT molecular complexity index is 809. The van der Waals surface area contributed by atoms with Crippen LogP contribution in [0.1, 0.15) is 39.2 Å². The summed E-state index contributed by atoms with van der Waals surface area (Å²) in [5.74, 6) is 1.63. The molecule has 172 valence electrons.